The standard InChI is InChI=1S/C26H36ClN3O5S/c1-6-14-28-26(32)20(3)29(18-21-10-7-9-19(2)16-21)25(31)11-8-15-30(36(5,33)34)22-12-13-24(35-4)23(27)17-22/h7,9-10,12-13,16-17,20H,6,8,11,14-15,18H2,1-5H3,(H,28,32)/t20-/m1/s1. The average molecular weight is 538 g/mol. The molecule has 2 aromatic rings. The van der Waals surface area contributed by atoms with Crippen molar-refractivity contribution in [2.45, 2.75) is 52.6 Å². The predicted octanol–water partition coefficient (Wildman–Crippen LogP) is 4.15. The van der Waals surface area contributed by atoms with Gasteiger partial charge in [-0.1, -0.05) is 48.4 Å². The van der Waals surface area contributed by atoms with Crippen molar-refractivity contribution in [2.24, 2.45) is 0 Å². The van der Waals surface area contributed by atoms with Gasteiger partial charge in [0.25, 0.3) is 0 Å². The molecule has 0 fully saturated rings. The third-order valence-electron chi connectivity index (χ3n) is 5.73. The Labute approximate surface area is 219 Å². The Morgan fingerprint density at radius 2 is 1.89 bits per heavy atom. The number of carbonyl (C=O) groups excluding carboxylic acids is 2. The summed E-state index contributed by atoms with van der Waals surface area (Å²) in [7, 11) is -2.14. The van der Waals surface area contributed by atoms with Gasteiger partial charge in [0.05, 0.1) is 24.1 Å². The van der Waals surface area contributed by atoms with Crippen molar-refractivity contribution >= 4 is 39.1 Å². The lowest BCUT2D eigenvalue weighted by Crippen LogP contribution is -2.47. The fraction of sp³-hybridized carbons (Fsp3) is 0.462. The molecule has 0 heterocycles. The number of carbonyl (C=O) groups is 2. The Morgan fingerprint density at radius 1 is 1.17 bits per heavy atom. The molecule has 0 saturated heterocycles. The Bertz CT molecular complexity index is 1160. The normalized spacial score (nSPS) is 12.1. The number of aryl methyl sites for hydroxylation is 1. The van der Waals surface area contributed by atoms with Crippen LogP contribution in [0.25, 0.3) is 0 Å². The number of sulfonamides is 1. The minimum Gasteiger partial charge on any atom is -0.495 e. The second kappa shape index (κ2) is 13.5. The lowest BCUT2D eigenvalue weighted by atomic mass is 10.1. The van der Waals surface area contributed by atoms with Gasteiger partial charge in [0.15, 0.2) is 0 Å². The monoisotopic (exact) mass is 537 g/mol. The predicted molar refractivity (Wildman–Crippen MR) is 144 cm³/mol. The van der Waals surface area contributed by atoms with Crippen LogP contribution in [-0.2, 0) is 26.2 Å². The molecule has 0 spiro atoms. The topological polar surface area (TPSA) is 96.0 Å². The van der Waals surface area contributed by atoms with Crippen molar-refractivity contribution in [1.82, 2.24) is 10.2 Å². The molecular weight excluding hydrogens is 502 g/mol. The van der Waals surface area contributed by atoms with Crippen LogP contribution in [-0.4, -0.2) is 57.6 Å². The molecule has 1 N–H and O–H groups in total. The van der Waals surface area contributed by atoms with Gasteiger partial charge in [-0.2, -0.15) is 0 Å². The molecule has 1 atom stereocenters. The molecule has 8 nitrogen and oxygen atoms in total. The molecule has 36 heavy (non-hydrogen) atoms. The third kappa shape index (κ3) is 8.41. The molecule has 0 radical (unpaired) electrons. The lowest BCUT2D eigenvalue weighted by Gasteiger charge is -2.29. The number of nitrogens with one attached hydrogen (secondary N) is 1. The summed E-state index contributed by atoms with van der Waals surface area (Å²) in [4.78, 5) is 27.5. The molecule has 198 valence electrons. The van der Waals surface area contributed by atoms with Gasteiger partial charge >= 0.3 is 0 Å². The van der Waals surface area contributed by atoms with Crippen LogP contribution >= 0.6 is 11.6 Å². The van der Waals surface area contributed by atoms with Crippen molar-refractivity contribution in [3.63, 3.8) is 0 Å². The van der Waals surface area contributed by atoms with Crippen molar-refractivity contribution in [3.8, 4) is 5.75 Å². The van der Waals surface area contributed by atoms with Crippen molar-refractivity contribution in [3.05, 3.63) is 58.6 Å². The van der Waals surface area contributed by atoms with E-state index in [1.54, 1.807) is 24.0 Å². The zero-order chi connectivity index (χ0) is 26.9. The minimum atomic E-state index is -3.62. The van der Waals surface area contributed by atoms with Crippen molar-refractivity contribution in [2.75, 3.05) is 30.8 Å². The highest BCUT2D eigenvalue weighted by Gasteiger charge is 2.26. The summed E-state index contributed by atoms with van der Waals surface area (Å²) in [6, 6.07) is 11.8. The van der Waals surface area contributed by atoms with E-state index in [9.17, 15) is 18.0 Å². The Hall–Kier alpha value is -2.78. The fourth-order valence-electron chi connectivity index (χ4n) is 3.80. The number of nitrogens with zero attached hydrogens (tertiary/aromatic N) is 2. The van der Waals surface area contributed by atoms with Gasteiger partial charge in [-0.25, -0.2) is 8.42 Å². The summed E-state index contributed by atoms with van der Waals surface area (Å²) in [5.74, 6) is -0.00784. The molecule has 0 aliphatic carbocycles. The number of anilines is 1. The lowest BCUT2D eigenvalue weighted by molar-refractivity contribution is -0.140. The van der Waals surface area contributed by atoms with E-state index >= 15 is 0 Å². The van der Waals surface area contributed by atoms with Crippen LogP contribution in [0.5, 0.6) is 5.75 Å². The van der Waals surface area contributed by atoms with Crippen molar-refractivity contribution in [1.29, 1.82) is 0 Å². The number of benzene rings is 2. The summed E-state index contributed by atoms with van der Waals surface area (Å²) in [5, 5.41) is 3.14. The van der Waals surface area contributed by atoms with Crippen LogP contribution in [0.4, 0.5) is 5.69 Å². The van der Waals surface area contributed by atoms with Gasteiger partial charge in [-0.15, -0.1) is 0 Å². The first kappa shape index (κ1) is 29.5. The molecule has 0 saturated carbocycles. The van der Waals surface area contributed by atoms with E-state index in [0.29, 0.717) is 18.0 Å². The van der Waals surface area contributed by atoms with E-state index in [0.717, 1.165) is 23.8 Å². The summed E-state index contributed by atoms with van der Waals surface area (Å²) in [6.45, 7) is 6.54. The summed E-state index contributed by atoms with van der Waals surface area (Å²) in [5.41, 5.74) is 2.37. The molecule has 2 aromatic carbocycles. The molecule has 0 bridgehead atoms. The Morgan fingerprint density at radius 3 is 2.47 bits per heavy atom. The summed E-state index contributed by atoms with van der Waals surface area (Å²) in [6.07, 6.45) is 2.24. The smallest absolute Gasteiger partial charge is 0.242 e. The maximum absolute atomic E-state index is 13.3. The van der Waals surface area contributed by atoms with E-state index in [1.165, 1.54) is 17.5 Å². The zero-order valence-electron chi connectivity index (χ0n) is 21.6. The van der Waals surface area contributed by atoms with Gasteiger partial charge in [0.2, 0.25) is 21.8 Å². The van der Waals surface area contributed by atoms with E-state index in [-0.39, 0.29) is 42.8 Å². The number of hydrogen-bond acceptors (Lipinski definition) is 5. The molecule has 2 amide bonds. The van der Waals surface area contributed by atoms with Crippen LogP contribution in [0.2, 0.25) is 5.02 Å². The second-order valence-corrected chi connectivity index (χ2v) is 11.0. The van der Waals surface area contributed by atoms with Crippen LogP contribution in [0.1, 0.15) is 44.2 Å². The number of methoxy groups -OCH3 is 1. The number of ether oxygens (including phenoxy) is 1. The molecule has 0 aromatic heterocycles. The van der Waals surface area contributed by atoms with Gasteiger partial charge < -0.3 is 15.0 Å². The maximum atomic E-state index is 13.3. The molecule has 0 aliphatic rings. The van der Waals surface area contributed by atoms with E-state index in [1.807, 2.05) is 38.1 Å². The van der Waals surface area contributed by atoms with Crippen molar-refractivity contribution < 1.29 is 22.7 Å². The number of rotatable bonds is 13. The quantitative estimate of drug-likeness (QED) is 0.414. The van der Waals surface area contributed by atoms with Crippen LogP contribution in [0.3, 0.4) is 0 Å². The Kier molecular flexibility index (Phi) is 11.0. The van der Waals surface area contributed by atoms with Gasteiger partial charge in [0.1, 0.15) is 11.8 Å². The van der Waals surface area contributed by atoms with Crippen LogP contribution in [0, 0.1) is 6.92 Å². The molecule has 2 rings (SSSR count). The average Bonchev–Trinajstić information content (AvgIpc) is 2.82. The summed E-state index contributed by atoms with van der Waals surface area (Å²) >= 11 is 6.19. The first-order valence-corrected chi connectivity index (χ1v) is 14.1. The molecular formula is C26H36ClN3O5S. The fourth-order valence-corrected chi connectivity index (χ4v) is 5.01. The summed E-state index contributed by atoms with van der Waals surface area (Å²) < 4.78 is 31.3. The maximum Gasteiger partial charge on any atom is 0.242 e. The highest BCUT2D eigenvalue weighted by molar-refractivity contribution is 7.92. The number of hydrogen-bond donors (Lipinski definition) is 1. The SMILES string of the molecule is CCCNC(=O)[C@@H](C)N(Cc1cccc(C)c1)C(=O)CCCN(c1ccc(OC)c(Cl)c1)S(C)(=O)=O. The Balaban J connectivity index is 2.18. The highest BCUT2D eigenvalue weighted by Crippen LogP contribution is 2.30. The largest absolute Gasteiger partial charge is 0.495 e. The third-order valence-corrected chi connectivity index (χ3v) is 7.22. The van der Waals surface area contributed by atoms with E-state index in [2.05, 4.69) is 5.32 Å². The van der Waals surface area contributed by atoms with Gasteiger partial charge in [0, 0.05) is 26.1 Å². The first-order chi connectivity index (χ1) is 17.0. The number of halogens is 1. The van der Waals surface area contributed by atoms with E-state index in [4.69, 9.17) is 16.3 Å². The highest BCUT2D eigenvalue weighted by atomic mass is 35.5. The van der Waals surface area contributed by atoms with Gasteiger partial charge in [-0.05, 0) is 50.5 Å². The van der Waals surface area contributed by atoms with E-state index < -0.39 is 16.1 Å². The minimum absolute atomic E-state index is 0.0765. The second-order valence-electron chi connectivity index (χ2n) is 8.74. The molecule has 0 unspecified atom stereocenters. The van der Waals surface area contributed by atoms with Gasteiger partial charge in [-0.3, -0.25) is 13.9 Å². The molecule has 10 heteroatoms. The first-order valence-electron chi connectivity index (χ1n) is 11.9. The van der Waals surface area contributed by atoms with Crippen LogP contribution in [0.15, 0.2) is 42.5 Å². The van der Waals surface area contributed by atoms with Crippen LogP contribution < -0.4 is 14.4 Å². The molecule has 0 aliphatic heterocycles. The zero-order valence-corrected chi connectivity index (χ0v) is 23.2. The number of amides is 2.